The van der Waals surface area contributed by atoms with Gasteiger partial charge in [0.05, 0.1) is 11.0 Å². The second-order valence-corrected chi connectivity index (χ2v) is 7.59. The van der Waals surface area contributed by atoms with Gasteiger partial charge in [-0.2, -0.15) is 0 Å². The molecule has 5 rings (SSSR count). The first-order chi connectivity index (χ1) is 14.7. The smallest absolute Gasteiger partial charge is 0.283 e. The molecular formula is C22H17BrN4O3. The van der Waals surface area contributed by atoms with Gasteiger partial charge in [-0.1, -0.05) is 29.8 Å². The molecule has 8 heteroatoms. The fourth-order valence-electron chi connectivity index (χ4n) is 3.18. The van der Waals surface area contributed by atoms with Crippen molar-refractivity contribution in [3.63, 3.8) is 0 Å². The lowest BCUT2D eigenvalue weighted by atomic mass is 10.2. The Bertz CT molecular complexity index is 1300. The summed E-state index contributed by atoms with van der Waals surface area (Å²) < 4.78 is 19.9. The first-order valence-corrected chi connectivity index (χ1v) is 10.2. The fraction of sp³-hybridized carbons (Fsp3) is 0.136. The van der Waals surface area contributed by atoms with Gasteiger partial charge >= 0.3 is 0 Å². The minimum atomic E-state index is 0.323. The summed E-state index contributed by atoms with van der Waals surface area (Å²) >= 11 is 3.28. The van der Waals surface area contributed by atoms with Crippen molar-refractivity contribution >= 4 is 27.0 Å². The van der Waals surface area contributed by atoms with E-state index < -0.39 is 0 Å². The third-order valence-electron chi connectivity index (χ3n) is 4.67. The zero-order chi connectivity index (χ0) is 20.5. The van der Waals surface area contributed by atoms with Crippen molar-refractivity contribution in [3.8, 4) is 17.4 Å². The van der Waals surface area contributed by atoms with Crippen LogP contribution in [0.1, 0.15) is 17.3 Å². The lowest BCUT2D eigenvalue weighted by molar-refractivity contribution is 0.290. The van der Waals surface area contributed by atoms with Crippen LogP contribution in [0.25, 0.3) is 22.7 Å². The van der Waals surface area contributed by atoms with Gasteiger partial charge in [0.2, 0.25) is 5.89 Å². The standard InChI is InChI=1S/C22H17BrN4O3/c1-14-6-8-15(9-7-14)28-13-20-24-16-4-2-3-5-17(16)27(20)12-21-25-26-22(30-21)18-10-11-19(23)29-18/h2-11H,12-13H2,1H3. The fourth-order valence-corrected chi connectivity index (χ4v) is 3.48. The number of fused-ring (bicyclic) bond motifs is 1. The molecule has 30 heavy (non-hydrogen) atoms. The van der Waals surface area contributed by atoms with Gasteiger partial charge in [-0.3, -0.25) is 0 Å². The maximum atomic E-state index is 5.96. The van der Waals surface area contributed by atoms with Crippen LogP contribution in [0.5, 0.6) is 5.75 Å². The van der Waals surface area contributed by atoms with E-state index in [2.05, 4.69) is 26.1 Å². The van der Waals surface area contributed by atoms with E-state index in [0.717, 1.165) is 22.6 Å². The molecule has 0 aliphatic rings. The van der Waals surface area contributed by atoms with E-state index in [0.29, 0.717) is 35.4 Å². The molecule has 3 heterocycles. The molecule has 0 aliphatic heterocycles. The summed E-state index contributed by atoms with van der Waals surface area (Å²) in [5.41, 5.74) is 3.04. The van der Waals surface area contributed by atoms with Crippen LogP contribution >= 0.6 is 15.9 Å². The summed E-state index contributed by atoms with van der Waals surface area (Å²) in [7, 11) is 0. The van der Waals surface area contributed by atoms with Gasteiger partial charge in [0, 0.05) is 0 Å². The maximum Gasteiger partial charge on any atom is 0.283 e. The molecular weight excluding hydrogens is 448 g/mol. The first kappa shape index (κ1) is 18.6. The number of ether oxygens (including phenoxy) is 1. The summed E-state index contributed by atoms with van der Waals surface area (Å²) in [6.07, 6.45) is 0. The minimum absolute atomic E-state index is 0.323. The Labute approximate surface area is 180 Å². The second-order valence-electron chi connectivity index (χ2n) is 6.81. The molecule has 0 unspecified atom stereocenters. The van der Waals surface area contributed by atoms with Crippen LogP contribution in [0, 0.1) is 6.92 Å². The summed E-state index contributed by atoms with van der Waals surface area (Å²) in [6, 6.07) is 19.4. The quantitative estimate of drug-likeness (QED) is 0.335. The van der Waals surface area contributed by atoms with Crippen molar-refractivity contribution in [1.82, 2.24) is 19.7 Å². The molecule has 0 spiro atoms. The molecule has 0 fully saturated rings. The lowest BCUT2D eigenvalue weighted by Crippen LogP contribution is -2.08. The summed E-state index contributed by atoms with van der Waals surface area (Å²) in [5, 5.41) is 8.27. The van der Waals surface area contributed by atoms with Gasteiger partial charge in [0.1, 0.15) is 24.7 Å². The van der Waals surface area contributed by atoms with Crippen LogP contribution in [-0.2, 0) is 13.2 Å². The Balaban J connectivity index is 1.43. The Morgan fingerprint density at radius 3 is 2.60 bits per heavy atom. The number of benzene rings is 2. The number of halogens is 1. The molecule has 2 aromatic carbocycles. The van der Waals surface area contributed by atoms with Crippen molar-refractivity contribution < 1.29 is 13.6 Å². The van der Waals surface area contributed by atoms with Gasteiger partial charge < -0.3 is 18.1 Å². The lowest BCUT2D eigenvalue weighted by Gasteiger charge is -2.09. The van der Waals surface area contributed by atoms with E-state index in [-0.39, 0.29) is 0 Å². The monoisotopic (exact) mass is 464 g/mol. The number of hydrogen-bond acceptors (Lipinski definition) is 6. The summed E-state index contributed by atoms with van der Waals surface area (Å²) in [6.45, 7) is 2.75. The predicted molar refractivity (Wildman–Crippen MR) is 114 cm³/mol. The SMILES string of the molecule is Cc1ccc(OCc2nc3ccccc3n2Cc2nnc(-c3ccc(Br)o3)o2)cc1. The second kappa shape index (κ2) is 7.79. The van der Waals surface area contributed by atoms with E-state index in [1.807, 2.05) is 60.0 Å². The largest absolute Gasteiger partial charge is 0.486 e. The van der Waals surface area contributed by atoms with E-state index in [4.69, 9.17) is 18.6 Å². The number of imidazole rings is 1. The topological polar surface area (TPSA) is 79.1 Å². The molecule has 0 radical (unpaired) electrons. The van der Waals surface area contributed by atoms with Crippen molar-refractivity contribution in [2.24, 2.45) is 0 Å². The number of aromatic nitrogens is 4. The van der Waals surface area contributed by atoms with Crippen molar-refractivity contribution in [2.45, 2.75) is 20.1 Å². The number of aryl methyl sites for hydroxylation is 1. The van der Waals surface area contributed by atoms with Crippen LogP contribution < -0.4 is 4.74 Å². The Morgan fingerprint density at radius 1 is 0.967 bits per heavy atom. The van der Waals surface area contributed by atoms with Gasteiger partial charge in [-0.25, -0.2) is 4.98 Å². The molecule has 0 bridgehead atoms. The zero-order valence-corrected chi connectivity index (χ0v) is 17.7. The Hall–Kier alpha value is -3.39. The zero-order valence-electron chi connectivity index (χ0n) is 16.1. The molecule has 0 N–H and O–H groups in total. The normalized spacial score (nSPS) is 11.3. The summed E-state index contributed by atoms with van der Waals surface area (Å²) in [4.78, 5) is 4.73. The number of nitrogens with zero attached hydrogens (tertiary/aromatic N) is 4. The average molecular weight is 465 g/mol. The van der Waals surface area contributed by atoms with Crippen LogP contribution in [0.2, 0.25) is 0 Å². The van der Waals surface area contributed by atoms with E-state index in [1.165, 1.54) is 5.56 Å². The highest BCUT2D eigenvalue weighted by atomic mass is 79.9. The third kappa shape index (κ3) is 3.73. The summed E-state index contributed by atoms with van der Waals surface area (Å²) in [5.74, 6) is 2.87. The number of hydrogen-bond donors (Lipinski definition) is 0. The van der Waals surface area contributed by atoms with Gasteiger partial charge in [0.15, 0.2) is 10.4 Å². The molecule has 0 saturated carbocycles. The molecule has 0 atom stereocenters. The number of para-hydroxylation sites is 2. The first-order valence-electron chi connectivity index (χ1n) is 9.37. The molecule has 0 saturated heterocycles. The molecule has 0 amide bonds. The van der Waals surface area contributed by atoms with Crippen LogP contribution in [0.3, 0.4) is 0 Å². The van der Waals surface area contributed by atoms with Crippen molar-refractivity contribution in [2.75, 3.05) is 0 Å². The highest BCUT2D eigenvalue weighted by Crippen LogP contribution is 2.25. The number of furan rings is 1. The average Bonchev–Trinajstić information content (AvgIpc) is 3.47. The van der Waals surface area contributed by atoms with Gasteiger partial charge in [-0.05, 0) is 59.3 Å². The molecule has 150 valence electrons. The van der Waals surface area contributed by atoms with Gasteiger partial charge in [0.25, 0.3) is 5.89 Å². The number of rotatable bonds is 6. The van der Waals surface area contributed by atoms with Crippen LogP contribution in [-0.4, -0.2) is 19.7 Å². The Morgan fingerprint density at radius 2 is 1.80 bits per heavy atom. The third-order valence-corrected chi connectivity index (χ3v) is 5.09. The Kier molecular flexibility index (Phi) is 4.84. The minimum Gasteiger partial charge on any atom is -0.486 e. The van der Waals surface area contributed by atoms with Crippen molar-refractivity contribution in [1.29, 1.82) is 0 Å². The predicted octanol–water partition coefficient (Wildman–Crippen LogP) is 5.38. The van der Waals surface area contributed by atoms with Crippen LogP contribution in [0.15, 0.2) is 74.2 Å². The molecule has 0 aliphatic carbocycles. The maximum absolute atomic E-state index is 5.96. The highest BCUT2D eigenvalue weighted by molar-refractivity contribution is 9.10. The molecule has 5 aromatic rings. The van der Waals surface area contributed by atoms with E-state index in [1.54, 1.807) is 12.1 Å². The molecule has 3 aromatic heterocycles. The van der Waals surface area contributed by atoms with E-state index >= 15 is 0 Å². The molecule has 7 nitrogen and oxygen atoms in total. The highest BCUT2D eigenvalue weighted by Gasteiger charge is 2.17. The van der Waals surface area contributed by atoms with E-state index in [9.17, 15) is 0 Å². The van der Waals surface area contributed by atoms with Gasteiger partial charge in [-0.15, -0.1) is 10.2 Å². The van der Waals surface area contributed by atoms with Crippen LogP contribution in [0.4, 0.5) is 0 Å². The van der Waals surface area contributed by atoms with Crippen molar-refractivity contribution in [3.05, 3.63) is 82.6 Å².